The van der Waals surface area contributed by atoms with Crippen molar-refractivity contribution in [2.45, 2.75) is 35.1 Å². The minimum atomic E-state index is -3.82. The molecule has 2 unspecified atom stereocenters. The van der Waals surface area contributed by atoms with Crippen molar-refractivity contribution in [1.29, 1.82) is 5.26 Å². The molecule has 0 spiro atoms. The summed E-state index contributed by atoms with van der Waals surface area (Å²) in [6.45, 7) is -0.0794. The normalized spacial score (nSPS) is 27.8. The molecule has 1 amide bonds. The summed E-state index contributed by atoms with van der Waals surface area (Å²) >= 11 is 0. The number of nitrogens with zero attached hydrogens (tertiary/aromatic N) is 4. The average Bonchev–Trinajstić information content (AvgIpc) is 3.08. The SMILES string of the molecule is Cl.N#CC1(C(N)=O)CC1N1C[C@H](S(=O)(=O)c2ccc(-n3ccnc3)cc2)C[C@H]1C(=O)O. The molecule has 3 N–H and O–H groups in total. The number of carboxylic acids is 1. The zero-order chi connectivity index (χ0) is 21.7. The van der Waals surface area contributed by atoms with Crippen LogP contribution < -0.4 is 5.73 Å². The molecule has 1 saturated heterocycles. The molecule has 0 radical (unpaired) electrons. The number of primary amides is 1. The van der Waals surface area contributed by atoms with E-state index in [1.54, 1.807) is 35.4 Å². The van der Waals surface area contributed by atoms with Gasteiger partial charge in [0.25, 0.3) is 0 Å². The number of carbonyl (C=O) groups is 2. The molecule has 10 nitrogen and oxygen atoms in total. The van der Waals surface area contributed by atoms with Crippen LogP contribution >= 0.6 is 12.4 Å². The van der Waals surface area contributed by atoms with Crippen LogP contribution in [-0.2, 0) is 19.4 Å². The topological polar surface area (TPSA) is 159 Å². The molecule has 1 aliphatic carbocycles. The number of halogens is 1. The van der Waals surface area contributed by atoms with Gasteiger partial charge < -0.3 is 15.4 Å². The third-order valence-corrected chi connectivity index (χ3v) is 8.10. The van der Waals surface area contributed by atoms with Crippen molar-refractivity contribution in [3.8, 4) is 11.8 Å². The van der Waals surface area contributed by atoms with Gasteiger partial charge in [-0.1, -0.05) is 0 Å². The highest BCUT2D eigenvalue weighted by atomic mass is 35.5. The van der Waals surface area contributed by atoms with Gasteiger partial charge in [-0.15, -0.1) is 12.4 Å². The summed E-state index contributed by atoms with van der Waals surface area (Å²) in [5.74, 6) is -2.01. The zero-order valence-electron chi connectivity index (χ0n) is 16.2. The minimum Gasteiger partial charge on any atom is -0.480 e. The van der Waals surface area contributed by atoms with Crippen LogP contribution in [0.5, 0.6) is 0 Å². The first-order chi connectivity index (χ1) is 14.2. The quantitative estimate of drug-likeness (QED) is 0.618. The number of carboxylic acid groups (broad SMARTS) is 1. The predicted molar refractivity (Wildman–Crippen MR) is 110 cm³/mol. The van der Waals surface area contributed by atoms with E-state index in [0.29, 0.717) is 0 Å². The Morgan fingerprint density at radius 1 is 1.29 bits per heavy atom. The van der Waals surface area contributed by atoms with Gasteiger partial charge in [-0.25, -0.2) is 13.4 Å². The van der Waals surface area contributed by atoms with Crippen LogP contribution in [0.25, 0.3) is 5.69 Å². The van der Waals surface area contributed by atoms with Gasteiger partial charge in [-0.3, -0.25) is 14.5 Å². The third kappa shape index (κ3) is 3.67. The predicted octanol–water partition coefficient (Wildman–Crippen LogP) is 0.363. The van der Waals surface area contributed by atoms with E-state index in [2.05, 4.69) is 4.98 Å². The number of benzene rings is 1. The molecule has 164 valence electrons. The van der Waals surface area contributed by atoms with E-state index >= 15 is 0 Å². The second kappa shape index (κ2) is 7.96. The van der Waals surface area contributed by atoms with Crippen LogP contribution in [0.15, 0.2) is 47.9 Å². The maximum absolute atomic E-state index is 13.2. The number of nitriles is 1. The lowest BCUT2D eigenvalue weighted by Crippen LogP contribution is -2.42. The number of nitrogens with two attached hydrogens (primary N) is 1. The molecule has 1 saturated carbocycles. The molecule has 2 heterocycles. The van der Waals surface area contributed by atoms with Crippen molar-refractivity contribution in [3.63, 3.8) is 0 Å². The first-order valence-electron chi connectivity index (χ1n) is 9.22. The van der Waals surface area contributed by atoms with E-state index in [1.165, 1.54) is 17.0 Å². The summed E-state index contributed by atoms with van der Waals surface area (Å²) in [7, 11) is -3.82. The molecule has 1 aromatic heterocycles. The van der Waals surface area contributed by atoms with Gasteiger partial charge >= 0.3 is 5.97 Å². The van der Waals surface area contributed by atoms with Crippen molar-refractivity contribution in [3.05, 3.63) is 43.0 Å². The number of likely N-dealkylation sites (tertiary alicyclic amines) is 1. The average molecular weight is 466 g/mol. The Morgan fingerprint density at radius 3 is 2.45 bits per heavy atom. The molecule has 0 bridgehead atoms. The second-order valence-electron chi connectivity index (χ2n) is 7.58. The minimum absolute atomic E-state index is 0. The van der Waals surface area contributed by atoms with Crippen molar-refractivity contribution in [2.24, 2.45) is 11.1 Å². The monoisotopic (exact) mass is 465 g/mol. The lowest BCUT2D eigenvalue weighted by atomic mass is 10.1. The Labute approximate surface area is 184 Å². The Hall–Kier alpha value is -2.94. The summed E-state index contributed by atoms with van der Waals surface area (Å²) in [4.78, 5) is 28.9. The fourth-order valence-corrected chi connectivity index (χ4v) is 5.84. The summed E-state index contributed by atoms with van der Waals surface area (Å²) < 4.78 is 28.0. The highest BCUT2D eigenvalue weighted by Gasteiger charge is 2.66. The van der Waals surface area contributed by atoms with Crippen LogP contribution in [0.1, 0.15) is 12.8 Å². The molecule has 4 atom stereocenters. The standard InChI is InChI=1S/C19H19N5O5S.ClH/c20-10-19(18(21)27)8-16(19)24-9-14(7-15(24)17(25)26)30(28,29)13-3-1-12(2-4-13)23-6-5-22-11-23;/h1-6,11,14-16H,7-9H2,(H2,21,27)(H,25,26);1H/t14-,15+,16?,19?;/m1./s1. The molecular formula is C19H20ClN5O5S. The van der Waals surface area contributed by atoms with E-state index in [-0.39, 0.29) is 36.7 Å². The van der Waals surface area contributed by atoms with E-state index in [1.807, 2.05) is 6.07 Å². The van der Waals surface area contributed by atoms with Crippen LogP contribution in [0, 0.1) is 16.7 Å². The van der Waals surface area contributed by atoms with E-state index in [9.17, 15) is 28.4 Å². The van der Waals surface area contributed by atoms with Crippen LogP contribution in [0.2, 0.25) is 0 Å². The summed E-state index contributed by atoms with van der Waals surface area (Å²) in [5, 5.41) is 18.0. The van der Waals surface area contributed by atoms with E-state index in [0.717, 1.165) is 5.69 Å². The van der Waals surface area contributed by atoms with Gasteiger partial charge in [0.05, 0.1) is 22.5 Å². The van der Waals surface area contributed by atoms with Crippen LogP contribution in [0.3, 0.4) is 0 Å². The Balaban J connectivity index is 0.00000272. The van der Waals surface area contributed by atoms with Crippen LogP contribution in [-0.4, -0.2) is 63.7 Å². The first kappa shape index (κ1) is 22.7. The Kier molecular flexibility index (Phi) is 5.84. The maximum Gasteiger partial charge on any atom is 0.320 e. The molecule has 4 rings (SSSR count). The Morgan fingerprint density at radius 2 is 1.97 bits per heavy atom. The van der Waals surface area contributed by atoms with Crippen molar-refractivity contribution in [1.82, 2.24) is 14.5 Å². The summed E-state index contributed by atoms with van der Waals surface area (Å²) in [6.07, 6.45) is 4.90. The first-order valence-corrected chi connectivity index (χ1v) is 10.8. The van der Waals surface area contributed by atoms with Crippen molar-refractivity contribution < 1.29 is 23.1 Å². The molecular weight excluding hydrogens is 446 g/mol. The molecule has 2 fully saturated rings. The number of rotatable bonds is 6. The number of imidazole rings is 1. The van der Waals surface area contributed by atoms with E-state index < -0.39 is 44.5 Å². The lowest BCUT2D eigenvalue weighted by molar-refractivity contribution is -0.142. The Bertz CT molecular complexity index is 1150. The largest absolute Gasteiger partial charge is 0.480 e. The number of hydrogen-bond donors (Lipinski definition) is 2. The summed E-state index contributed by atoms with van der Waals surface area (Å²) in [6, 6.07) is 6.32. The molecule has 1 aromatic carbocycles. The number of sulfone groups is 1. The van der Waals surface area contributed by atoms with Gasteiger partial charge in [0.1, 0.15) is 6.04 Å². The van der Waals surface area contributed by atoms with Gasteiger partial charge in [-0.2, -0.15) is 5.26 Å². The zero-order valence-corrected chi connectivity index (χ0v) is 17.8. The van der Waals surface area contributed by atoms with Gasteiger partial charge in [0.2, 0.25) is 5.91 Å². The second-order valence-corrected chi connectivity index (χ2v) is 9.81. The maximum atomic E-state index is 13.2. The number of aliphatic carboxylic acids is 1. The highest BCUT2D eigenvalue weighted by molar-refractivity contribution is 7.92. The smallest absolute Gasteiger partial charge is 0.320 e. The molecule has 12 heteroatoms. The van der Waals surface area contributed by atoms with Crippen molar-refractivity contribution in [2.75, 3.05) is 6.54 Å². The molecule has 31 heavy (non-hydrogen) atoms. The summed E-state index contributed by atoms with van der Waals surface area (Å²) in [5.41, 5.74) is 4.61. The number of hydrogen-bond acceptors (Lipinski definition) is 7. The lowest BCUT2D eigenvalue weighted by Gasteiger charge is -2.22. The number of amides is 1. The molecule has 2 aromatic rings. The number of carbonyl (C=O) groups excluding carboxylic acids is 1. The van der Waals surface area contributed by atoms with E-state index in [4.69, 9.17) is 5.73 Å². The number of aromatic nitrogens is 2. The van der Waals surface area contributed by atoms with Crippen LogP contribution in [0.4, 0.5) is 0 Å². The van der Waals surface area contributed by atoms with Crippen molar-refractivity contribution >= 4 is 34.1 Å². The third-order valence-electron chi connectivity index (χ3n) is 5.96. The highest BCUT2D eigenvalue weighted by Crippen LogP contribution is 2.51. The fraction of sp³-hybridized carbons (Fsp3) is 0.368. The van der Waals surface area contributed by atoms with Gasteiger partial charge in [0.15, 0.2) is 15.3 Å². The molecule has 1 aliphatic heterocycles. The van der Waals surface area contributed by atoms with Gasteiger partial charge in [0, 0.05) is 30.7 Å². The van der Waals surface area contributed by atoms with Gasteiger partial charge in [-0.05, 0) is 37.1 Å². The fourth-order valence-electron chi connectivity index (χ4n) is 4.13. The molecule has 2 aliphatic rings.